The number of aromatic nitrogens is 3. The summed E-state index contributed by atoms with van der Waals surface area (Å²) >= 11 is 1.33. The summed E-state index contributed by atoms with van der Waals surface area (Å²) in [6.45, 7) is 5.67. The number of nitrogens with zero attached hydrogens (tertiary/aromatic N) is 4. The first-order valence-corrected chi connectivity index (χ1v) is 9.27. The minimum atomic E-state index is -0.667. The van der Waals surface area contributed by atoms with Gasteiger partial charge in [-0.15, -0.1) is 0 Å². The maximum Gasteiger partial charge on any atom is 0.335 e. The van der Waals surface area contributed by atoms with Crippen LogP contribution in [0.5, 0.6) is 0 Å². The largest absolute Gasteiger partial charge is 0.335 e. The molecule has 0 radical (unpaired) electrons. The van der Waals surface area contributed by atoms with Crippen LogP contribution in [0.15, 0.2) is 33.9 Å². The molecule has 0 amide bonds. The molecule has 0 fully saturated rings. The van der Waals surface area contributed by atoms with E-state index in [0.717, 1.165) is 20.3 Å². The molecular formula is C19H20N4O2S. The van der Waals surface area contributed by atoms with Crippen molar-refractivity contribution in [2.45, 2.75) is 39.0 Å². The molecule has 0 saturated heterocycles. The Morgan fingerprint density at radius 2 is 1.92 bits per heavy atom. The molecule has 1 aromatic carbocycles. The highest BCUT2D eigenvalue weighted by molar-refractivity contribution is 7.13. The smallest absolute Gasteiger partial charge is 0.301 e. The van der Waals surface area contributed by atoms with E-state index >= 15 is 0 Å². The zero-order valence-corrected chi connectivity index (χ0v) is 16.1. The first-order chi connectivity index (χ1) is 12.4. The second-order valence-electron chi connectivity index (χ2n) is 6.41. The van der Waals surface area contributed by atoms with Crippen molar-refractivity contribution < 1.29 is 0 Å². The molecule has 0 N–H and O–H groups in total. The molecular weight excluding hydrogens is 348 g/mol. The van der Waals surface area contributed by atoms with Gasteiger partial charge in [0.2, 0.25) is 0 Å². The maximum atomic E-state index is 12.6. The van der Waals surface area contributed by atoms with E-state index in [2.05, 4.69) is 10.4 Å². The monoisotopic (exact) mass is 368 g/mol. The number of nitriles is 1. The molecule has 0 bridgehead atoms. The van der Waals surface area contributed by atoms with Gasteiger partial charge in [-0.3, -0.25) is 4.79 Å². The lowest BCUT2D eigenvalue weighted by Gasteiger charge is -2.21. The minimum absolute atomic E-state index is 0.368. The van der Waals surface area contributed by atoms with Crippen molar-refractivity contribution in [2.75, 3.05) is 0 Å². The summed E-state index contributed by atoms with van der Waals surface area (Å²) in [5.41, 5.74) is 0.395. The Bertz CT molecular complexity index is 1140. The van der Waals surface area contributed by atoms with E-state index in [-0.39, 0.29) is 5.56 Å². The highest BCUT2D eigenvalue weighted by Gasteiger charge is 2.33. The molecule has 0 aliphatic carbocycles. The molecule has 0 aliphatic rings. The van der Waals surface area contributed by atoms with Crippen LogP contribution in [0.2, 0.25) is 0 Å². The Morgan fingerprint density at radius 1 is 1.23 bits per heavy atom. The lowest BCUT2D eigenvalue weighted by Crippen LogP contribution is -2.38. The Labute approximate surface area is 155 Å². The second kappa shape index (κ2) is 6.54. The van der Waals surface area contributed by atoms with Gasteiger partial charge in [-0.05, 0) is 49.5 Å². The van der Waals surface area contributed by atoms with Gasteiger partial charge in [-0.25, -0.2) is 9.36 Å². The first kappa shape index (κ1) is 18.1. The number of benzene rings is 1. The molecule has 3 aromatic rings. The number of fused-ring (bicyclic) bond motifs is 1. The average molecular weight is 368 g/mol. The van der Waals surface area contributed by atoms with Crippen molar-refractivity contribution in [3.8, 4) is 11.8 Å². The normalized spacial score (nSPS) is 11.7. The van der Waals surface area contributed by atoms with Crippen LogP contribution in [-0.2, 0) is 12.5 Å². The van der Waals surface area contributed by atoms with Crippen molar-refractivity contribution in [1.82, 2.24) is 13.5 Å². The molecule has 7 heteroatoms. The fourth-order valence-electron chi connectivity index (χ4n) is 3.18. The summed E-state index contributed by atoms with van der Waals surface area (Å²) in [7, 11) is 1.64. The topological polar surface area (TPSA) is 80.7 Å². The fraction of sp³-hybridized carbons (Fsp3) is 0.368. The highest BCUT2D eigenvalue weighted by atomic mass is 32.1. The van der Waals surface area contributed by atoms with Crippen LogP contribution in [0.1, 0.15) is 38.1 Å². The van der Waals surface area contributed by atoms with E-state index in [4.69, 9.17) is 0 Å². The molecule has 2 heterocycles. The summed E-state index contributed by atoms with van der Waals surface area (Å²) in [6.07, 6.45) is 1.30. The lowest BCUT2D eigenvalue weighted by molar-refractivity contribution is 0.505. The molecule has 6 nitrogen and oxygen atoms in total. The Hall–Kier alpha value is -2.72. The van der Waals surface area contributed by atoms with Gasteiger partial charge >= 0.3 is 5.69 Å². The molecule has 0 atom stereocenters. The number of aryl methyl sites for hydroxylation is 1. The quantitative estimate of drug-likeness (QED) is 0.709. The van der Waals surface area contributed by atoms with Gasteiger partial charge in [0.1, 0.15) is 5.41 Å². The average Bonchev–Trinajstić information content (AvgIpc) is 3.06. The second-order valence-corrected chi connectivity index (χ2v) is 7.22. The van der Waals surface area contributed by atoms with E-state index < -0.39 is 11.1 Å². The van der Waals surface area contributed by atoms with Crippen molar-refractivity contribution in [2.24, 2.45) is 7.05 Å². The molecule has 0 unspecified atom stereocenters. The van der Waals surface area contributed by atoms with Crippen molar-refractivity contribution >= 4 is 21.6 Å². The van der Waals surface area contributed by atoms with Gasteiger partial charge in [0.25, 0.3) is 5.56 Å². The van der Waals surface area contributed by atoms with Gasteiger partial charge in [0.15, 0.2) is 0 Å². The molecule has 3 rings (SSSR count). The van der Waals surface area contributed by atoms with Gasteiger partial charge in [0.05, 0.1) is 22.2 Å². The van der Waals surface area contributed by atoms with E-state index in [9.17, 15) is 14.9 Å². The maximum absolute atomic E-state index is 12.6. The van der Waals surface area contributed by atoms with Crippen LogP contribution in [0.3, 0.4) is 0 Å². The third-order valence-corrected chi connectivity index (χ3v) is 5.97. The van der Waals surface area contributed by atoms with E-state index in [1.165, 1.54) is 22.2 Å². The predicted octanol–water partition coefficient (Wildman–Crippen LogP) is 3.04. The Kier molecular flexibility index (Phi) is 4.55. The van der Waals surface area contributed by atoms with E-state index in [0.29, 0.717) is 24.2 Å². The van der Waals surface area contributed by atoms with Gasteiger partial charge in [-0.1, -0.05) is 13.8 Å². The molecule has 0 saturated carbocycles. The van der Waals surface area contributed by atoms with Crippen molar-refractivity contribution in [3.63, 3.8) is 0 Å². The van der Waals surface area contributed by atoms with Crippen molar-refractivity contribution in [3.05, 3.63) is 56.5 Å². The Balaban J connectivity index is 2.32. The van der Waals surface area contributed by atoms with Crippen LogP contribution in [-0.4, -0.2) is 13.5 Å². The SMILES string of the molecule is CCC(C#N)(CC)c1nsc2ccc(-n3c(=O)cc(C)n(C)c3=O)cc12. The molecule has 26 heavy (non-hydrogen) atoms. The summed E-state index contributed by atoms with van der Waals surface area (Å²) < 4.78 is 8.07. The van der Waals surface area contributed by atoms with E-state index in [1.54, 1.807) is 26.1 Å². The lowest BCUT2D eigenvalue weighted by atomic mass is 9.79. The third-order valence-electron chi connectivity index (χ3n) is 5.15. The number of hydrogen-bond donors (Lipinski definition) is 0. The summed E-state index contributed by atoms with van der Waals surface area (Å²) in [5.74, 6) is 0. The van der Waals surface area contributed by atoms with Gasteiger partial charge < -0.3 is 4.57 Å². The molecule has 0 spiro atoms. The van der Waals surface area contributed by atoms with Crippen LogP contribution in [0, 0.1) is 18.3 Å². The first-order valence-electron chi connectivity index (χ1n) is 8.49. The highest BCUT2D eigenvalue weighted by Crippen LogP contribution is 2.37. The van der Waals surface area contributed by atoms with Gasteiger partial charge in [0, 0.05) is 24.2 Å². The molecule has 2 aromatic heterocycles. The number of rotatable bonds is 4. The molecule has 134 valence electrons. The van der Waals surface area contributed by atoms with Crippen molar-refractivity contribution in [1.29, 1.82) is 5.26 Å². The zero-order chi connectivity index (χ0) is 19.1. The predicted molar refractivity (Wildman–Crippen MR) is 103 cm³/mol. The van der Waals surface area contributed by atoms with Crippen LogP contribution in [0.25, 0.3) is 15.8 Å². The van der Waals surface area contributed by atoms with Crippen LogP contribution < -0.4 is 11.2 Å². The van der Waals surface area contributed by atoms with Crippen LogP contribution in [0.4, 0.5) is 0 Å². The molecule has 0 aliphatic heterocycles. The fourth-order valence-corrected chi connectivity index (χ4v) is 4.03. The van der Waals surface area contributed by atoms with E-state index in [1.807, 2.05) is 19.9 Å². The summed E-state index contributed by atoms with van der Waals surface area (Å²) in [6, 6.07) is 9.25. The summed E-state index contributed by atoms with van der Waals surface area (Å²) in [4.78, 5) is 25.0. The third kappa shape index (κ3) is 2.58. The minimum Gasteiger partial charge on any atom is -0.301 e. The zero-order valence-electron chi connectivity index (χ0n) is 15.2. The number of hydrogen-bond acceptors (Lipinski definition) is 5. The van der Waals surface area contributed by atoms with Crippen LogP contribution >= 0.6 is 11.5 Å². The Morgan fingerprint density at radius 3 is 2.54 bits per heavy atom. The summed E-state index contributed by atoms with van der Waals surface area (Å²) in [5, 5.41) is 10.6. The standard InChI is InChI=1S/C19H20N4O2S/c1-5-19(6-2,11-20)17-14-10-13(7-8-15(14)26-21-17)23-16(24)9-12(3)22(4)18(23)25/h7-10H,5-6H2,1-4H3. The van der Waals surface area contributed by atoms with Gasteiger partial charge in [-0.2, -0.15) is 9.64 Å².